The van der Waals surface area contributed by atoms with E-state index >= 15 is 0 Å². The highest BCUT2D eigenvalue weighted by molar-refractivity contribution is 5.99. The summed E-state index contributed by atoms with van der Waals surface area (Å²) >= 11 is 0. The van der Waals surface area contributed by atoms with Crippen molar-refractivity contribution in [2.24, 2.45) is 0 Å². The molecule has 1 aromatic carbocycles. The van der Waals surface area contributed by atoms with Crippen LogP contribution in [-0.4, -0.2) is 23.2 Å². The summed E-state index contributed by atoms with van der Waals surface area (Å²) < 4.78 is 5.72. The van der Waals surface area contributed by atoms with E-state index in [4.69, 9.17) is 4.42 Å². The topological polar surface area (TPSA) is 62.5 Å². The zero-order valence-corrected chi connectivity index (χ0v) is 13.5. The van der Waals surface area contributed by atoms with Crippen LogP contribution in [-0.2, 0) is 0 Å². The summed E-state index contributed by atoms with van der Waals surface area (Å²) in [5.74, 6) is 1.08. The second kappa shape index (κ2) is 6.59. The number of furan rings is 1. The van der Waals surface area contributed by atoms with Gasteiger partial charge in [0.25, 0.3) is 5.91 Å². The molecule has 1 aliphatic carbocycles. The maximum absolute atomic E-state index is 12.6. The van der Waals surface area contributed by atoms with Gasteiger partial charge >= 0.3 is 0 Å². The van der Waals surface area contributed by atoms with Gasteiger partial charge in [-0.15, -0.1) is 0 Å². The zero-order chi connectivity index (χ0) is 16.3. The minimum absolute atomic E-state index is 0.195. The van der Waals surface area contributed by atoms with E-state index in [2.05, 4.69) is 5.32 Å². The number of nitrogens with one attached hydrogen (secondary N) is 1. The van der Waals surface area contributed by atoms with E-state index in [-0.39, 0.29) is 5.91 Å². The Labute approximate surface area is 136 Å². The molecule has 1 saturated carbocycles. The number of amides is 1. The quantitative estimate of drug-likeness (QED) is 0.905. The Morgan fingerprint density at radius 1 is 1.22 bits per heavy atom. The highest BCUT2D eigenvalue weighted by atomic mass is 16.3. The van der Waals surface area contributed by atoms with Gasteiger partial charge in [0.15, 0.2) is 0 Å². The second-order valence-corrected chi connectivity index (χ2v) is 6.43. The van der Waals surface area contributed by atoms with Crippen LogP contribution >= 0.6 is 0 Å². The van der Waals surface area contributed by atoms with Crippen molar-refractivity contribution in [3.63, 3.8) is 0 Å². The average molecular weight is 313 g/mol. The molecular formula is C19H23NO3. The Balaban J connectivity index is 1.75. The van der Waals surface area contributed by atoms with Crippen molar-refractivity contribution >= 4 is 5.91 Å². The second-order valence-electron chi connectivity index (χ2n) is 6.43. The third kappa shape index (κ3) is 3.64. The molecule has 1 aliphatic rings. The number of aliphatic hydroxyl groups is 1. The van der Waals surface area contributed by atoms with Gasteiger partial charge in [-0.1, -0.05) is 49.6 Å². The number of hydrogen-bond donors (Lipinski definition) is 2. The highest BCUT2D eigenvalue weighted by Crippen LogP contribution is 2.29. The third-order valence-electron chi connectivity index (χ3n) is 4.50. The molecule has 1 fully saturated rings. The van der Waals surface area contributed by atoms with Crippen LogP contribution in [0.1, 0.15) is 48.2 Å². The number of benzene rings is 1. The van der Waals surface area contributed by atoms with Gasteiger partial charge in [0, 0.05) is 12.1 Å². The normalized spacial score (nSPS) is 17.0. The summed E-state index contributed by atoms with van der Waals surface area (Å²) in [6, 6.07) is 11.4. The number of carbonyl (C=O) groups excluding carboxylic acids is 1. The summed E-state index contributed by atoms with van der Waals surface area (Å²) in [4.78, 5) is 12.6. The van der Waals surface area contributed by atoms with E-state index in [1.165, 1.54) is 0 Å². The lowest BCUT2D eigenvalue weighted by atomic mass is 9.85. The van der Waals surface area contributed by atoms with E-state index < -0.39 is 5.60 Å². The number of hydrogen-bond acceptors (Lipinski definition) is 3. The van der Waals surface area contributed by atoms with Crippen molar-refractivity contribution < 1.29 is 14.3 Å². The Kier molecular flexibility index (Phi) is 4.53. The summed E-state index contributed by atoms with van der Waals surface area (Å²) in [6.07, 6.45) is 4.71. The first-order valence-electron chi connectivity index (χ1n) is 8.24. The van der Waals surface area contributed by atoms with Gasteiger partial charge in [-0.3, -0.25) is 4.79 Å². The number of aryl methyl sites for hydroxylation is 1. The summed E-state index contributed by atoms with van der Waals surface area (Å²) in [5, 5.41) is 13.4. The van der Waals surface area contributed by atoms with Crippen LogP contribution in [0.25, 0.3) is 11.3 Å². The predicted octanol–water partition coefficient (Wildman–Crippen LogP) is 3.68. The van der Waals surface area contributed by atoms with E-state index in [1.54, 1.807) is 6.07 Å². The molecule has 4 heteroatoms. The molecule has 2 aromatic rings. The SMILES string of the molecule is Cc1cc(C(=O)NCC2(O)CCCCC2)c(-c2ccccc2)o1. The smallest absolute Gasteiger partial charge is 0.255 e. The first-order chi connectivity index (χ1) is 11.1. The summed E-state index contributed by atoms with van der Waals surface area (Å²) in [7, 11) is 0. The molecule has 4 nitrogen and oxygen atoms in total. The Bertz CT molecular complexity index is 669. The fourth-order valence-electron chi connectivity index (χ4n) is 3.21. The van der Waals surface area contributed by atoms with Gasteiger partial charge in [-0.2, -0.15) is 0 Å². The highest BCUT2D eigenvalue weighted by Gasteiger charge is 2.30. The van der Waals surface area contributed by atoms with E-state index in [0.29, 0.717) is 23.6 Å². The lowest BCUT2D eigenvalue weighted by molar-refractivity contribution is 0.00525. The van der Waals surface area contributed by atoms with Crippen LogP contribution in [0, 0.1) is 6.92 Å². The lowest BCUT2D eigenvalue weighted by Crippen LogP contribution is -2.44. The minimum Gasteiger partial charge on any atom is -0.461 e. The van der Waals surface area contributed by atoms with Crippen molar-refractivity contribution in [1.82, 2.24) is 5.32 Å². The molecule has 1 aromatic heterocycles. The predicted molar refractivity (Wildman–Crippen MR) is 89.2 cm³/mol. The van der Waals surface area contributed by atoms with E-state index in [0.717, 1.165) is 37.7 Å². The fraction of sp³-hybridized carbons (Fsp3) is 0.421. The molecule has 0 aliphatic heterocycles. The van der Waals surface area contributed by atoms with Crippen molar-refractivity contribution in [3.8, 4) is 11.3 Å². The van der Waals surface area contributed by atoms with Crippen molar-refractivity contribution in [3.05, 3.63) is 47.7 Å². The molecule has 3 rings (SSSR count). The van der Waals surface area contributed by atoms with Crippen LogP contribution < -0.4 is 5.32 Å². The first-order valence-corrected chi connectivity index (χ1v) is 8.24. The maximum Gasteiger partial charge on any atom is 0.255 e. The van der Waals surface area contributed by atoms with Crippen LogP contribution in [0.2, 0.25) is 0 Å². The molecule has 0 atom stereocenters. The molecule has 23 heavy (non-hydrogen) atoms. The molecular weight excluding hydrogens is 290 g/mol. The fourth-order valence-corrected chi connectivity index (χ4v) is 3.21. The van der Waals surface area contributed by atoms with E-state index in [9.17, 15) is 9.90 Å². The van der Waals surface area contributed by atoms with Crippen molar-refractivity contribution in [1.29, 1.82) is 0 Å². The third-order valence-corrected chi connectivity index (χ3v) is 4.50. The largest absolute Gasteiger partial charge is 0.461 e. The van der Waals surface area contributed by atoms with Gasteiger partial charge in [0.2, 0.25) is 0 Å². The van der Waals surface area contributed by atoms with Gasteiger partial charge in [-0.05, 0) is 25.8 Å². The molecule has 122 valence electrons. The molecule has 0 radical (unpaired) electrons. The Morgan fingerprint density at radius 3 is 2.61 bits per heavy atom. The van der Waals surface area contributed by atoms with Crippen molar-refractivity contribution in [2.45, 2.75) is 44.6 Å². The van der Waals surface area contributed by atoms with Gasteiger partial charge in [-0.25, -0.2) is 0 Å². The van der Waals surface area contributed by atoms with Crippen LogP contribution in [0.3, 0.4) is 0 Å². The molecule has 2 N–H and O–H groups in total. The average Bonchev–Trinajstić information content (AvgIpc) is 2.96. The standard InChI is InChI=1S/C19H23NO3/c1-14-12-16(17(23-14)15-8-4-2-5-9-15)18(21)20-13-19(22)10-6-3-7-11-19/h2,4-5,8-9,12,22H,3,6-7,10-11,13H2,1H3,(H,20,21). The Hall–Kier alpha value is -2.07. The molecule has 0 bridgehead atoms. The van der Waals surface area contributed by atoms with Crippen LogP contribution in [0.5, 0.6) is 0 Å². The number of carbonyl (C=O) groups is 1. The minimum atomic E-state index is -0.764. The van der Waals surface area contributed by atoms with Crippen LogP contribution in [0.15, 0.2) is 40.8 Å². The molecule has 0 saturated heterocycles. The molecule has 0 spiro atoms. The molecule has 1 amide bonds. The van der Waals surface area contributed by atoms with Crippen molar-refractivity contribution in [2.75, 3.05) is 6.54 Å². The number of rotatable bonds is 4. The van der Waals surface area contributed by atoms with Gasteiger partial charge < -0.3 is 14.8 Å². The van der Waals surface area contributed by atoms with Gasteiger partial charge in [0.05, 0.1) is 11.2 Å². The zero-order valence-electron chi connectivity index (χ0n) is 13.5. The maximum atomic E-state index is 12.6. The van der Waals surface area contributed by atoms with Gasteiger partial charge in [0.1, 0.15) is 11.5 Å². The summed E-state index contributed by atoms with van der Waals surface area (Å²) in [5.41, 5.74) is 0.634. The molecule has 0 unspecified atom stereocenters. The summed E-state index contributed by atoms with van der Waals surface area (Å²) in [6.45, 7) is 2.13. The lowest BCUT2D eigenvalue weighted by Gasteiger charge is -2.32. The monoisotopic (exact) mass is 313 g/mol. The first kappa shape index (κ1) is 15.8. The van der Waals surface area contributed by atoms with Crippen LogP contribution in [0.4, 0.5) is 0 Å². The Morgan fingerprint density at radius 2 is 1.91 bits per heavy atom. The molecule has 1 heterocycles. The van der Waals surface area contributed by atoms with E-state index in [1.807, 2.05) is 37.3 Å².